The Morgan fingerprint density at radius 2 is 2.44 bits per heavy atom. The highest BCUT2D eigenvalue weighted by atomic mass is 16.3. The minimum atomic E-state index is 0.299. The molecule has 1 aliphatic rings. The number of aromatic nitrogens is 1. The van der Waals surface area contributed by atoms with Crippen molar-refractivity contribution in [2.45, 2.75) is 19.4 Å². The molecule has 2 heterocycles. The highest BCUT2D eigenvalue weighted by molar-refractivity contribution is 5.38. The van der Waals surface area contributed by atoms with Crippen molar-refractivity contribution in [3.8, 4) is 0 Å². The summed E-state index contributed by atoms with van der Waals surface area (Å²) in [4.78, 5) is 6.47. The van der Waals surface area contributed by atoms with E-state index in [1.165, 1.54) is 6.42 Å². The van der Waals surface area contributed by atoms with Crippen LogP contribution in [0.15, 0.2) is 18.3 Å². The first kappa shape index (κ1) is 11.4. The zero-order valence-corrected chi connectivity index (χ0v) is 9.47. The molecule has 1 aliphatic heterocycles. The summed E-state index contributed by atoms with van der Waals surface area (Å²) in [6.07, 6.45) is 3.82. The largest absolute Gasteiger partial charge is 0.396 e. The van der Waals surface area contributed by atoms with Crippen LogP contribution in [0.4, 0.5) is 5.82 Å². The van der Waals surface area contributed by atoms with Crippen LogP contribution < -0.4 is 5.73 Å². The SMILES string of the molecule is Nc1ncccc1CN1CCC(CCO)C1. The second-order valence-electron chi connectivity index (χ2n) is 4.45. The fraction of sp³-hybridized carbons (Fsp3) is 0.583. The number of aliphatic hydroxyl groups is 1. The molecular formula is C12H19N3O. The number of likely N-dealkylation sites (tertiary alicyclic amines) is 1. The third kappa shape index (κ3) is 2.71. The van der Waals surface area contributed by atoms with Crippen LogP contribution >= 0.6 is 0 Å². The van der Waals surface area contributed by atoms with Crippen molar-refractivity contribution in [2.75, 3.05) is 25.4 Å². The molecule has 1 aromatic rings. The molecule has 3 N–H and O–H groups in total. The minimum absolute atomic E-state index is 0.299. The van der Waals surface area contributed by atoms with Gasteiger partial charge >= 0.3 is 0 Å². The summed E-state index contributed by atoms with van der Waals surface area (Å²) < 4.78 is 0. The van der Waals surface area contributed by atoms with Crippen LogP contribution in [-0.2, 0) is 6.54 Å². The zero-order chi connectivity index (χ0) is 11.4. The monoisotopic (exact) mass is 221 g/mol. The van der Waals surface area contributed by atoms with Crippen molar-refractivity contribution < 1.29 is 5.11 Å². The van der Waals surface area contributed by atoms with Gasteiger partial charge in [-0.05, 0) is 31.4 Å². The maximum atomic E-state index is 8.90. The number of hydrogen-bond acceptors (Lipinski definition) is 4. The van der Waals surface area contributed by atoms with Crippen LogP contribution in [0.25, 0.3) is 0 Å². The molecular weight excluding hydrogens is 202 g/mol. The van der Waals surface area contributed by atoms with Gasteiger partial charge in [-0.15, -0.1) is 0 Å². The molecule has 1 saturated heterocycles. The lowest BCUT2D eigenvalue weighted by Gasteiger charge is -2.16. The van der Waals surface area contributed by atoms with Crippen LogP contribution in [0.1, 0.15) is 18.4 Å². The van der Waals surface area contributed by atoms with E-state index in [4.69, 9.17) is 10.8 Å². The summed E-state index contributed by atoms with van der Waals surface area (Å²) in [5.74, 6) is 1.27. The molecule has 0 spiro atoms. The fourth-order valence-corrected chi connectivity index (χ4v) is 2.30. The van der Waals surface area contributed by atoms with E-state index in [-0.39, 0.29) is 0 Å². The molecule has 1 atom stereocenters. The topological polar surface area (TPSA) is 62.4 Å². The van der Waals surface area contributed by atoms with Crippen LogP contribution in [-0.4, -0.2) is 34.7 Å². The van der Waals surface area contributed by atoms with Gasteiger partial charge in [-0.2, -0.15) is 0 Å². The summed E-state index contributed by atoms with van der Waals surface area (Å²) in [5, 5.41) is 8.90. The lowest BCUT2D eigenvalue weighted by molar-refractivity contribution is 0.249. The zero-order valence-electron chi connectivity index (χ0n) is 9.47. The number of hydrogen-bond donors (Lipinski definition) is 2. The third-order valence-electron chi connectivity index (χ3n) is 3.23. The van der Waals surface area contributed by atoms with Gasteiger partial charge in [0.05, 0.1) is 0 Å². The summed E-state index contributed by atoms with van der Waals surface area (Å²) >= 11 is 0. The van der Waals surface area contributed by atoms with Crippen LogP contribution in [0.3, 0.4) is 0 Å². The number of nitrogens with zero attached hydrogens (tertiary/aromatic N) is 2. The van der Waals surface area contributed by atoms with E-state index in [0.717, 1.165) is 31.6 Å². The molecule has 1 unspecified atom stereocenters. The van der Waals surface area contributed by atoms with Crippen molar-refractivity contribution in [3.63, 3.8) is 0 Å². The average Bonchev–Trinajstić information content (AvgIpc) is 2.70. The van der Waals surface area contributed by atoms with E-state index in [0.29, 0.717) is 18.3 Å². The normalized spacial score (nSPS) is 21.4. The van der Waals surface area contributed by atoms with E-state index >= 15 is 0 Å². The standard InChI is InChI=1S/C12H19N3O/c13-12-11(2-1-5-14-12)9-15-6-3-10(8-15)4-7-16/h1-2,5,10,16H,3-4,6-9H2,(H2,13,14). The van der Waals surface area contributed by atoms with Gasteiger partial charge < -0.3 is 10.8 Å². The predicted octanol–water partition coefficient (Wildman–Crippen LogP) is 0.868. The fourth-order valence-electron chi connectivity index (χ4n) is 2.30. The van der Waals surface area contributed by atoms with E-state index in [1.54, 1.807) is 6.20 Å². The molecule has 0 saturated carbocycles. The lowest BCUT2D eigenvalue weighted by Crippen LogP contribution is -2.21. The smallest absolute Gasteiger partial charge is 0.127 e. The summed E-state index contributed by atoms with van der Waals surface area (Å²) in [5.41, 5.74) is 6.92. The predicted molar refractivity (Wildman–Crippen MR) is 63.7 cm³/mol. The minimum Gasteiger partial charge on any atom is -0.396 e. The van der Waals surface area contributed by atoms with Crippen molar-refractivity contribution in [1.29, 1.82) is 0 Å². The first-order valence-electron chi connectivity index (χ1n) is 5.82. The Kier molecular flexibility index (Phi) is 3.74. The maximum absolute atomic E-state index is 8.90. The highest BCUT2D eigenvalue weighted by Gasteiger charge is 2.22. The number of anilines is 1. The van der Waals surface area contributed by atoms with Crippen molar-refractivity contribution in [3.05, 3.63) is 23.9 Å². The molecule has 0 bridgehead atoms. The Labute approximate surface area is 96.1 Å². The quantitative estimate of drug-likeness (QED) is 0.792. The van der Waals surface area contributed by atoms with E-state index in [2.05, 4.69) is 9.88 Å². The first-order chi connectivity index (χ1) is 7.79. The molecule has 2 rings (SSSR count). The second kappa shape index (κ2) is 5.27. The number of nitrogens with two attached hydrogens (primary N) is 1. The summed E-state index contributed by atoms with van der Waals surface area (Å²) in [7, 11) is 0. The third-order valence-corrected chi connectivity index (χ3v) is 3.23. The average molecular weight is 221 g/mol. The van der Waals surface area contributed by atoms with Gasteiger partial charge in [-0.1, -0.05) is 6.07 Å². The van der Waals surface area contributed by atoms with E-state index < -0.39 is 0 Å². The molecule has 1 fully saturated rings. The molecule has 16 heavy (non-hydrogen) atoms. The van der Waals surface area contributed by atoms with Crippen molar-refractivity contribution >= 4 is 5.82 Å². The lowest BCUT2D eigenvalue weighted by atomic mass is 10.1. The Morgan fingerprint density at radius 3 is 3.19 bits per heavy atom. The molecule has 88 valence electrons. The Bertz CT molecular complexity index is 343. The molecule has 0 aliphatic carbocycles. The van der Waals surface area contributed by atoms with Gasteiger partial charge in [0.2, 0.25) is 0 Å². The number of aliphatic hydroxyl groups excluding tert-OH is 1. The molecule has 0 radical (unpaired) electrons. The Hall–Kier alpha value is -1.13. The maximum Gasteiger partial charge on any atom is 0.127 e. The van der Waals surface area contributed by atoms with Crippen LogP contribution in [0, 0.1) is 5.92 Å². The molecule has 4 heteroatoms. The molecule has 0 aromatic carbocycles. The van der Waals surface area contributed by atoms with Gasteiger partial charge in [0.1, 0.15) is 5.82 Å². The Balaban J connectivity index is 1.90. The van der Waals surface area contributed by atoms with Gasteiger partial charge in [0.15, 0.2) is 0 Å². The van der Waals surface area contributed by atoms with Crippen LogP contribution in [0.5, 0.6) is 0 Å². The first-order valence-corrected chi connectivity index (χ1v) is 5.82. The highest BCUT2D eigenvalue weighted by Crippen LogP contribution is 2.22. The molecule has 1 aromatic heterocycles. The van der Waals surface area contributed by atoms with E-state index in [9.17, 15) is 0 Å². The van der Waals surface area contributed by atoms with Gasteiger partial charge in [0.25, 0.3) is 0 Å². The van der Waals surface area contributed by atoms with Gasteiger partial charge in [-0.25, -0.2) is 4.98 Å². The molecule has 0 amide bonds. The number of rotatable bonds is 4. The Morgan fingerprint density at radius 1 is 1.56 bits per heavy atom. The van der Waals surface area contributed by atoms with Crippen LogP contribution in [0.2, 0.25) is 0 Å². The van der Waals surface area contributed by atoms with Gasteiger partial charge in [-0.3, -0.25) is 4.90 Å². The van der Waals surface area contributed by atoms with Crippen molar-refractivity contribution in [1.82, 2.24) is 9.88 Å². The second-order valence-corrected chi connectivity index (χ2v) is 4.45. The molecule has 4 nitrogen and oxygen atoms in total. The van der Waals surface area contributed by atoms with E-state index in [1.807, 2.05) is 12.1 Å². The number of pyridine rings is 1. The summed E-state index contributed by atoms with van der Waals surface area (Å²) in [6, 6.07) is 3.95. The van der Waals surface area contributed by atoms with Gasteiger partial charge in [0, 0.05) is 31.5 Å². The number of nitrogen functional groups attached to an aromatic ring is 1. The summed E-state index contributed by atoms with van der Waals surface area (Å²) in [6.45, 7) is 3.34. The van der Waals surface area contributed by atoms with Crippen molar-refractivity contribution in [2.24, 2.45) is 5.92 Å².